The maximum atomic E-state index is 13.8. The molecule has 1 heterocycles. The summed E-state index contributed by atoms with van der Waals surface area (Å²) in [4.78, 5) is 18.3. The molecular formula is C30H33FN4O3S2. The SMILES string of the molecule is Cc1ccc(/C=N/N(C(=O)c2ccc(S(=O)(=O)N(CC(C)C)CC(C)C)cc2)c2nc3ccc(F)cc3s2)cc1. The molecule has 0 N–H and O–H groups in total. The van der Waals surface area contributed by atoms with E-state index < -0.39 is 21.7 Å². The predicted octanol–water partition coefficient (Wildman–Crippen LogP) is 6.73. The fourth-order valence-corrected chi connectivity index (χ4v) is 6.78. The summed E-state index contributed by atoms with van der Waals surface area (Å²) in [7, 11) is -3.74. The topological polar surface area (TPSA) is 82.9 Å². The van der Waals surface area contributed by atoms with E-state index in [9.17, 15) is 17.6 Å². The summed E-state index contributed by atoms with van der Waals surface area (Å²) in [6.07, 6.45) is 1.55. The zero-order valence-electron chi connectivity index (χ0n) is 23.2. The van der Waals surface area contributed by atoms with Gasteiger partial charge in [0.25, 0.3) is 5.91 Å². The fraction of sp³-hybridized carbons (Fsp3) is 0.300. The van der Waals surface area contributed by atoms with E-state index in [0.717, 1.165) is 27.5 Å². The van der Waals surface area contributed by atoms with Crippen LogP contribution in [0.2, 0.25) is 0 Å². The molecule has 10 heteroatoms. The lowest BCUT2D eigenvalue weighted by Crippen LogP contribution is -2.37. The highest BCUT2D eigenvalue weighted by Gasteiger charge is 2.27. The van der Waals surface area contributed by atoms with Crippen LogP contribution < -0.4 is 5.01 Å². The number of hydrazone groups is 1. The van der Waals surface area contributed by atoms with Crippen LogP contribution in [-0.2, 0) is 10.0 Å². The number of carbonyl (C=O) groups excluding carboxylic acids is 1. The van der Waals surface area contributed by atoms with E-state index in [1.54, 1.807) is 12.3 Å². The van der Waals surface area contributed by atoms with Crippen LogP contribution in [0.25, 0.3) is 10.2 Å². The number of nitrogens with zero attached hydrogens (tertiary/aromatic N) is 4. The number of fused-ring (bicyclic) bond motifs is 1. The molecule has 0 aliphatic rings. The molecule has 7 nitrogen and oxygen atoms in total. The number of benzene rings is 3. The number of aromatic nitrogens is 1. The zero-order valence-corrected chi connectivity index (χ0v) is 24.8. The molecule has 0 bridgehead atoms. The van der Waals surface area contributed by atoms with Crippen LogP contribution in [0, 0.1) is 24.6 Å². The van der Waals surface area contributed by atoms with Crippen LogP contribution >= 0.6 is 11.3 Å². The molecule has 1 aromatic heterocycles. The fourth-order valence-electron chi connectivity index (χ4n) is 4.07. The zero-order chi connectivity index (χ0) is 29.0. The minimum atomic E-state index is -3.74. The number of amides is 1. The van der Waals surface area contributed by atoms with E-state index in [-0.39, 0.29) is 27.4 Å². The molecule has 0 radical (unpaired) electrons. The van der Waals surface area contributed by atoms with Crippen molar-refractivity contribution in [2.24, 2.45) is 16.9 Å². The minimum Gasteiger partial charge on any atom is -0.267 e. The maximum Gasteiger partial charge on any atom is 0.280 e. The van der Waals surface area contributed by atoms with Gasteiger partial charge in [-0.15, -0.1) is 0 Å². The summed E-state index contributed by atoms with van der Waals surface area (Å²) >= 11 is 1.14. The van der Waals surface area contributed by atoms with E-state index in [0.29, 0.717) is 23.3 Å². The van der Waals surface area contributed by atoms with Crippen LogP contribution in [0.15, 0.2) is 76.7 Å². The number of thiazole rings is 1. The molecule has 0 saturated carbocycles. The molecule has 0 atom stereocenters. The molecular weight excluding hydrogens is 547 g/mol. The first-order chi connectivity index (χ1) is 18.9. The van der Waals surface area contributed by atoms with Gasteiger partial charge in [0, 0.05) is 18.7 Å². The van der Waals surface area contributed by atoms with Gasteiger partial charge in [0.05, 0.1) is 21.3 Å². The van der Waals surface area contributed by atoms with Crippen LogP contribution in [0.5, 0.6) is 0 Å². The summed E-state index contributed by atoms with van der Waals surface area (Å²) in [5, 5.41) is 5.87. The van der Waals surface area contributed by atoms with E-state index in [1.165, 1.54) is 40.7 Å². The first-order valence-electron chi connectivity index (χ1n) is 13.1. The van der Waals surface area contributed by atoms with Crippen molar-refractivity contribution in [1.29, 1.82) is 0 Å². The van der Waals surface area contributed by atoms with Crippen molar-refractivity contribution in [2.75, 3.05) is 18.1 Å². The van der Waals surface area contributed by atoms with Gasteiger partial charge in [0.15, 0.2) is 0 Å². The first kappa shape index (κ1) is 29.5. The normalized spacial score (nSPS) is 12.3. The van der Waals surface area contributed by atoms with Gasteiger partial charge in [0.2, 0.25) is 15.2 Å². The highest BCUT2D eigenvalue weighted by molar-refractivity contribution is 7.89. The number of hydrogen-bond acceptors (Lipinski definition) is 6. The molecule has 4 rings (SSSR count). The van der Waals surface area contributed by atoms with Crippen molar-refractivity contribution in [2.45, 2.75) is 39.5 Å². The number of halogens is 1. The Hall–Kier alpha value is -3.47. The van der Waals surface area contributed by atoms with Gasteiger partial charge in [-0.2, -0.15) is 14.4 Å². The molecule has 0 spiro atoms. The third-order valence-corrected chi connectivity index (χ3v) is 8.83. The number of hydrogen-bond donors (Lipinski definition) is 0. The van der Waals surface area contributed by atoms with Crippen molar-refractivity contribution >= 4 is 48.8 Å². The largest absolute Gasteiger partial charge is 0.280 e. The van der Waals surface area contributed by atoms with Crippen molar-refractivity contribution in [1.82, 2.24) is 9.29 Å². The third-order valence-electron chi connectivity index (χ3n) is 5.99. The lowest BCUT2D eigenvalue weighted by Gasteiger charge is -2.25. The number of carbonyl (C=O) groups is 1. The molecule has 40 heavy (non-hydrogen) atoms. The second-order valence-corrected chi connectivity index (χ2v) is 13.5. The lowest BCUT2D eigenvalue weighted by atomic mass is 10.2. The molecule has 0 aliphatic heterocycles. The van der Waals surface area contributed by atoms with E-state index in [1.807, 2.05) is 58.9 Å². The molecule has 0 fully saturated rings. The number of rotatable bonds is 10. The summed E-state index contributed by atoms with van der Waals surface area (Å²) in [6, 6.07) is 17.7. The van der Waals surface area contributed by atoms with Crippen LogP contribution in [0.1, 0.15) is 49.2 Å². The van der Waals surface area contributed by atoms with Crippen molar-refractivity contribution < 1.29 is 17.6 Å². The highest BCUT2D eigenvalue weighted by Crippen LogP contribution is 2.31. The maximum absolute atomic E-state index is 13.8. The standard InChI is InChI=1S/C30H33FN4O3S2/c1-20(2)18-34(19-21(3)4)40(37,38)26-13-10-24(11-14-26)29(36)35(32-17-23-8-6-22(5)7-9-23)30-33-27-15-12-25(31)16-28(27)39-30/h6-17,20-21H,18-19H2,1-5H3/b32-17+. The van der Waals surface area contributed by atoms with Gasteiger partial charge >= 0.3 is 0 Å². The van der Waals surface area contributed by atoms with Gasteiger partial charge in [-0.05, 0) is 66.8 Å². The smallest absolute Gasteiger partial charge is 0.267 e. The van der Waals surface area contributed by atoms with Gasteiger partial charge in [-0.25, -0.2) is 17.8 Å². The average molecular weight is 581 g/mol. The Kier molecular flexibility index (Phi) is 9.12. The molecule has 0 aliphatic carbocycles. The third kappa shape index (κ3) is 6.99. The number of anilines is 1. The summed E-state index contributed by atoms with van der Waals surface area (Å²) in [5.41, 5.74) is 2.66. The van der Waals surface area contributed by atoms with E-state index in [4.69, 9.17) is 0 Å². The Morgan fingerprint density at radius 2 is 1.60 bits per heavy atom. The Morgan fingerprint density at radius 1 is 0.975 bits per heavy atom. The highest BCUT2D eigenvalue weighted by atomic mass is 32.2. The van der Waals surface area contributed by atoms with Gasteiger partial charge < -0.3 is 0 Å². The molecule has 4 aromatic rings. The Bertz CT molecular complexity index is 1600. The quantitative estimate of drug-likeness (QED) is 0.154. The molecule has 1 amide bonds. The second-order valence-electron chi connectivity index (χ2n) is 10.5. The molecule has 0 saturated heterocycles. The minimum absolute atomic E-state index is 0.121. The Labute approximate surface area is 239 Å². The Morgan fingerprint density at radius 3 is 2.20 bits per heavy atom. The summed E-state index contributed by atoms with van der Waals surface area (Å²) in [5.74, 6) is -0.564. The van der Waals surface area contributed by atoms with Crippen molar-refractivity contribution in [3.05, 3.63) is 89.2 Å². The molecule has 210 valence electrons. The van der Waals surface area contributed by atoms with Gasteiger partial charge in [-0.1, -0.05) is 68.9 Å². The average Bonchev–Trinajstić information content (AvgIpc) is 3.31. The van der Waals surface area contributed by atoms with Gasteiger partial charge in [0.1, 0.15) is 5.82 Å². The monoisotopic (exact) mass is 580 g/mol. The number of aryl methyl sites for hydroxylation is 1. The van der Waals surface area contributed by atoms with Gasteiger partial charge in [-0.3, -0.25) is 4.79 Å². The summed E-state index contributed by atoms with van der Waals surface area (Å²) < 4.78 is 42.7. The summed E-state index contributed by atoms with van der Waals surface area (Å²) in [6.45, 7) is 10.7. The van der Waals surface area contributed by atoms with Crippen LogP contribution in [0.3, 0.4) is 0 Å². The van der Waals surface area contributed by atoms with Crippen LogP contribution in [-0.4, -0.2) is 42.9 Å². The second kappa shape index (κ2) is 12.4. The first-order valence-corrected chi connectivity index (χ1v) is 15.3. The van der Waals surface area contributed by atoms with Crippen molar-refractivity contribution in [3.8, 4) is 0 Å². The van der Waals surface area contributed by atoms with E-state index in [2.05, 4.69) is 10.1 Å². The van der Waals surface area contributed by atoms with Crippen LogP contribution in [0.4, 0.5) is 9.52 Å². The number of sulfonamides is 1. The molecule has 3 aromatic carbocycles. The van der Waals surface area contributed by atoms with E-state index >= 15 is 0 Å². The Balaban J connectivity index is 1.68. The molecule has 0 unspecified atom stereocenters. The lowest BCUT2D eigenvalue weighted by molar-refractivity contribution is 0.0987. The predicted molar refractivity (Wildman–Crippen MR) is 160 cm³/mol. The van der Waals surface area contributed by atoms with Crippen molar-refractivity contribution in [3.63, 3.8) is 0 Å².